The van der Waals surface area contributed by atoms with E-state index in [4.69, 9.17) is 9.90 Å². The molecule has 0 radical (unpaired) electrons. The van der Waals surface area contributed by atoms with E-state index in [9.17, 15) is 18.3 Å². The number of rotatable bonds is 3. The number of anilines is 1. The third-order valence-electron chi connectivity index (χ3n) is 4.21. The Morgan fingerprint density at radius 1 is 1.19 bits per heavy atom. The second kappa shape index (κ2) is 8.85. The lowest BCUT2D eigenvalue weighted by Crippen LogP contribution is -2.37. The summed E-state index contributed by atoms with van der Waals surface area (Å²) in [5.41, 5.74) is 2.28. The molecule has 0 bridgehead atoms. The first-order chi connectivity index (χ1) is 12.7. The van der Waals surface area contributed by atoms with Crippen LogP contribution in [-0.4, -0.2) is 46.0 Å². The van der Waals surface area contributed by atoms with Crippen LogP contribution in [0, 0.1) is 6.92 Å². The zero-order valence-electron chi connectivity index (χ0n) is 14.7. The van der Waals surface area contributed by atoms with Crippen molar-refractivity contribution < 1.29 is 28.2 Å². The number of carbonyl (C=O) groups is 1. The summed E-state index contributed by atoms with van der Waals surface area (Å²) >= 11 is 0. The molecule has 2 N–H and O–H groups in total. The molecule has 8 heteroatoms. The Labute approximate surface area is 155 Å². The number of aliphatic hydroxyl groups is 1. The largest absolute Gasteiger partial charge is 0.490 e. The van der Waals surface area contributed by atoms with Crippen molar-refractivity contribution in [1.82, 2.24) is 4.98 Å². The molecule has 0 spiro atoms. The van der Waals surface area contributed by atoms with Crippen LogP contribution in [0.5, 0.6) is 0 Å². The fourth-order valence-corrected chi connectivity index (χ4v) is 2.91. The normalized spacial score (nSPS) is 19.4. The molecule has 146 valence electrons. The van der Waals surface area contributed by atoms with Crippen molar-refractivity contribution in [2.24, 2.45) is 0 Å². The zero-order valence-corrected chi connectivity index (χ0v) is 14.7. The second-order valence-corrected chi connectivity index (χ2v) is 6.25. The Kier molecular flexibility index (Phi) is 6.79. The lowest BCUT2D eigenvalue weighted by molar-refractivity contribution is -0.192. The highest BCUT2D eigenvalue weighted by atomic mass is 19.4. The van der Waals surface area contributed by atoms with Crippen molar-refractivity contribution in [3.8, 4) is 0 Å². The number of hydrogen-bond donors (Lipinski definition) is 2. The molecule has 1 aromatic heterocycles. The predicted octanol–water partition coefficient (Wildman–Crippen LogP) is 3.21. The Hall–Kier alpha value is -2.61. The number of carboxylic acids is 1. The molecule has 3 rings (SSSR count). The van der Waals surface area contributed by atoms with E-state index in [0.29, 0.717) is 0 Å². The van der Waals surface area contributed by atoms with Gasteiger partial charge in [-0.3, -0.25) is 0 Å². The molecule has 2 atom stereocenters. The molecular weight excluding hydrogens is 361 g/mol. The van der Waals surface area contributed by atoms with Crippen LogP contribution in [0.4, 0.5) is 19.0 Å². The van der Waals surface area contributed by atoms with Gasteiger partial charge in [0.2, 0.25) is 0 Å². The van der Waals surface area contributed by atoms with Crippen LogP contribution in [0.15, 0.2) is 48.5 Å². The molecular formula is C19H21F3N2O3. The van der Waals surface area contributed by atoms with Gasteiger partial charge < -0.3 is 15.1 Å². The van der Waals surface area contributed by atoms with Crippen molar-refractivity contribution in [1.29, 1.82) is 0 Å². The topological polar surface area (TPSA) is 73.7 Å². The van der Waals surface area contributed by atoms with E-state index in [2.05, 4.69) is 22.0 Å². The van der Waals surface area contributed by atoms with Gasteiger partial charge in [-0.1, -0.05) is 36.4 Å². The van der Waals surface area contributed by atoms with Crippen molar-refractivity contribution in [2.75, 3.05) is 11.4 Å². The maximum absolute atomic E-state index is 10.6. The van der Waals surface area contributed by atoms with Gasteiger partial charge in [-0.05, 0) is 37.5 Å². The van der Waals surface area contributed by atoms with Gasteiger partial charge in [0.1, 0.15) is 5.82 Å². The van der Waals surface area contributed by atoms with Crippen molar-refractivity contribution in [3.63, 3.8) is 0 Å². The maximum atomic E-state index is 10.6. The highest BCUT2D eigenvalue weighted by Gasteiger charge is 2.38. The number of hydrogen-bond acceptors (Lipinski definition) is 4. The summed E-state index contributed by atoms with van der Waals surface area (Å²) in [6, 6.07) is 16.5. The molecule has 0 aliphatic carbocycles. The van der Waals surface area contributed by atoms with Gasteiger partial charge in [-0.2, -0.15) is 13.2 Å². The fraction of sp³-hybridized carbons (Fsp3) is 0.368. The van der Waals surface area contributed by atoms with Crippen LogP contribution in [-0.2, 0) is 11.2 Å². The lowest BCUT2D eigenvalue weighted by Gasteiger charge is -2.27. The minimum absolute atomic E-state index is 0.117. The van der Waals surface area contributed by atoms with Gasteiger partial charge >= 0.3 is 12.1 Å². The first kappa shape index (κ1) is 20.7. The maximum Gasteiger partial charge on any atom is 0.490 e. The SMILES string of the molecule is Cc1cccc(N2CC[C@@H](O)[C@@H]2Cc2ccccc2)n1.O=C(O)C(F)(F)F. The average Bonchev–Trinajstić information content (AvgIpc) is 2.96. The number of aliphatic hydroxyl groups excluding tert-OH is 1. The summed E-state index contributed by atoms with van der Waals surface area (Å²) < 4.78 is 31.7. The Bertz CT molecular complexity index is 753. The summed E-state index contributed by atoms with van der Waals surface area (Å²) in [6.45, 7) is 2.87. The van der Waals surface area contributed by atoms with Gasteiger partial charge in [0.15, 0.2) is 0 Å². The molecule has 2 heterocycles. The molecule has 0 amide bonds. The fourth-order valence-electron chi connectivity index (χ4n) is 2.91. The quantitative estimate of drug-likeness (QED) is 0.853. The minimum Gasteiger partial charge on any atom is -0.475 e. The van der Waals surface area contributed by atoms with Gasteiger partial charge in [0.25, 0.3) is 0 Å². The van der Waals surface area contributed by atoms with E-state index in [-0.39, 0.29) is 12.1 Å². The van der Waals surface area contributed by atoms with Crippen molar-refractivity contribution in [2.45, 2.75) is 38.1 Å². The Morgan fingerprint density at radius 2 is 1.81 bits per heavy atom. The summed E-state index contributed by atoms with van der Waals surface area (Å²) in [7, 11) is 0. The molecule has 1 fully saturated rings. The monoisotopic (exact) mass is 382 g/mol. The van der Waals surface area contributed by atoms with Crippen molar-refractivity contribution in [3.05, 3.63) is 59.8 Å². The number of aliphatic carboxylic acids is 1. The number of benzene rings is 1. The molecule has 5 nitrogen and oxygen atoms in total. The van der Waals surface area contributed by atoms with Crippen LogP contribution < -0.4 is 4.90 Å². The van der Waals surface area contributed by atoms with Gasteiger partial charge in [0, 0.05) is 12.2 Å². The number of pyridine rings is 1. The molecule has 1 aliphatic rings. The van der Waals surface area contributed by atoms with Crippen LogP contribution in [0.2, 0.25) is 0 Å². The minimum atomic E-state index is -5.08. The number of halogens is 3. The van der Waals surface area contributed by atoms with E-state index in [1.54, 1.807) is 0 Å². The molecule has 0 saturated carbocycles. The zero-order chi connectivity index (χ0) is 20.0. The van der Waals surface area contributed by atoms with E-state index in [0.717, 1.165) is 30.9 Å². The highest BCUT2D eigenvalue weighted by molar-refractivity contribution is 5.73. The molecule has 1 saturated heterocycles. The second-order valence-electron chi connectivity index (χ2n) is 6.25. The molecule has 1 aromatic carbocycles. The van der Waals surface area contributed by atoms with Gasteiger partial charge in [0.05, 0.1) is 12.1 Å². The third-order valence-corrected chi connectivity index (χ3v) is 4.21. The number of nitrogens with zero attached hydrogens (tertiary/aromatic N) is 2. The summed E-state index contributed by atoms with van der Waals surface area (Å²) in [6.07, 6.45) is -3.69. The molecule has 1 aliphatic heterocycles. The number of aryl methyl sites for hydroxylation is 1. The average molecular weight is 382 g/mol. The smallest absolute Gasteiger partial charge is 0.475 e. The first-order valence-corrected chi connectivity index (χ1v) is 8.41. The van der Waals surface area contributed by atoms with E-state index in [1.807, 2.05) is 43.3 Å². The summed E-state index contributed by atoms with van der Waals surface area (Å²) in [5, 5.41) is 17.4. The highest BCUT2D eigenvalue weighted by Crippen LogP contribution is 2.26. The molecule has 27 heavy (non-hydrogen) atoms. The summed E-state index contributed by atoms with van der Waals surface area (Å²) in [5.74, 6) is -1.78. The predicted molar refractivity (Wildman–Crippen MR) is 94.6 cm³/mol. The van der Waals surface area contributed by atoms with E-state index < -0.39 is 12.1 Å². The van der Waals surface area contributed by atoms with Crippen molar-refractivity contribution >= 4 is 11.8 Å². The Balaban J connectivity index is 0.000000321. The molecule has 0 unspecified atom stereocenters. The third kappa shape index (κ3) is 5.96. The van der Waals surface area contributed by atoms with Crippen LogP contribution in [0.25, 0.3) is 0 Å². The van der Waals surface area contributed by atoms with Crippen LogP contribution >= 0.6 is 0 Å². The lowest BCUT2D eigenvalue weighted by atomic mass is 10.0. The first-order valence-electron chi connectivity index (χ1n) is 8.41. The molecule has 2 aromatic rings. The van der Waals surface area contributed by atoms with Crippen LogP contribution in [0.3, 0.4) is 0 Å². The van der Waals surface area contributed by atoms with Crippen LogP contribution in [0.1, 0.15) is 17.7 Å². The Morgan fingerprint density at radius 3 is 2.37 bits per heavy atom. The van der Waals surface area contributed by atoms with E-state index in [1.165, 1.54) is 5.56 Å². The number of carboxylic acid groups (broad SMARTS) is 1. The number of aromatic nitrogens is 1. The standard InChI is InChI=1S/C17H20N2O.C2HF3O2/c1-13-6-5-9-17(18-13)19-11-10-16(20)15(19)12-14-7-3-2-4-8-14;3-2(4,5)1(6)7/h2-9,15-16,20H,10-12H2,1H3;(H,6,7)/t15-,16+;/m0./s1. The van der Waals surface area contributed by atoms with Gasteiger partial charge in [-0.15, -0.1) is 0 Å². The number of alkyl halides is 3. The summed E-state index contributed by atoms with van der Waals surface area (Å²) in [4.78, 5) is 15.7. The van der Waals surface area contributed by atoms with E-state index >= 15 is 0 Å². The van der Waals surface area contributed by atoms with Gasteiger partial charge in [-0.25, -0.2) is 9.78 Å².